The molecule has 1 aliphatic heterocycles. The van der Waals surface area contributed by atoms with Crippen LogP contribution in [0.25, 0.3) is 28.0 Å². The number of piperazine rings is 1. The summed E-state index contributed by atoms with van der Waals surface area (Å²) in [5.41, 5.74) is 9.01. The fourth-order valence-electron chi connectivity index (χ4n) is 4.85. The zero-order valence-electron chi connectivity index (χ0n) is 21.5. The minimum absolute atomic E-state index is 0.282. The first-order chi connectivity index (χ1) is 19.0. The topological polar surface area (TPSA) is 126 Å². The van der Waals surface area contributed by atoms with Gasteiger partial charge in [-0.05, 0) is 30.3 Å². The number of nitrogen functional groups attached to an aromatic ring is 1. The van der Waals surface area contributed by atoms with Crippen LogP contribution in [0.4, 0.5) is 16.0 Å². The smallest absolute Gasteiger partial charge is 0.223 e. The number of halogens is 1. The molecular weight excluding hydrogens is 523 g/mol. The summed E-state index contributed by atoms with van der Waals surface area (Å²) in [6, 6.07) is 10.5. The highest BCUT2D eigenvalue weighted by atomic mass is 32.2. The van der Waals surface area contributed by atoms with Crippen molar-refractivity contribution in [2.75, 3.05) is 62.0 Å². The van der Waals surface area contributed by atoms with Crippen LogP contribution in [-0.4, -0.2) is 85.2 Å². The number of hydrogen-bond donors (Lipinski definition) is 1. The molecule has 11 nitrogen and oxygen atoms in total. The number of aromatic nitrogens is 5. The molecule has 1 aromatic carbocycles. The summed E-state index contributed by atoms with van der Waals surface area (Å²) in [6.45, 7) is 4.75. The summed E-state index contributed by atoms with van der Waals surface area (Å²) in [4.78, 5) is 8.96. The third-order valence-electron chi connectivity index (χ3n) is 6.91. The first-order valence-electron chi connectivity index (χ1n) is 12.7. The Kier molecular flexibility index (Phi) is 7.02. The maximum absolute atomic E-state index is 14.8. The molecule has 0 aliphatic carbocycles. The molecule has 2 N–H and O–H groups in total. The van der Waals surface area contributed by atoms with Gasteiger partial charge in [0.05, 0.1) is 41.9 Å². The Balaban J connectivity index is 1.08. The maximum Gasteiger partial charge on any atom is 0.223 e. The van der Waals surface area contributed by atoms with Gasteiger partial charge in [-0.1, -0.05) is 11.2 Å². The summed E-state index contributed by atoms with van der Waals surface area (Å²) in [5, 5.41) is 9.98. The van der Waals surface area contributed by atoms with E-state index < -0.39 is 11.2 Å². The van der Waals surface area contributed by atoms with Crippen molar-refractivity contribution < 1.29 is 18.1 Å². The number of hydrogen-bond acceptors (Lipinski definition) is 9. The van der Waals surface area contributed by atoms with Crippen molar-refractivity contribution in [1.82, 2.24) is 29.3 Å². The van der Waals surface area contributed by atoms with Gasteiger partial charge in [-0.25, -0.2) is 9.07 Å². The minimum Gasteiger partial charge on any atom is -0.616 e. The number of nitrogens with two attached hydrogens (primary N) is 1. The Morgan fingerprint density at radius 2 is 2.00 bits per heavy atom. The first-order valence-corrected chi connectivity index (χ1v) is 14.4. The SMILES string of the molecule is C[S+]([O-])CCOc1ccc(N2CCN(CCn3ncc4c3nc(N)n3nc(-c5ccco5)cc43)CC2)c(F)c1. The monoisotopic (exact) mass is 552 g/mol. The van der Waals surface area contributed by atoms with Crippen molar-refractivity contribution in [2.24, 2.45) is 0 Å². The molecule has 5 heterocycles. The highest BCUT2D eigenvalue weighted by Gasteiger charge is 2.21. The zero-order valence-corrected chi connectivity index (χ0v) is 22.3. The van der Waals surface area contributed by atoms with Crippen LogP contribution in [0.1, 0.15) is 0 Å². The lowest BCUT2D eigenvalue weighted by Crippen LogP contribution is -2.47. The number of anilines is 2. The van der Waals surface area contributed by atoms with Crippen LogP contribution < -0.4 is 15.4 Å². The predicted octanol–water partition coefficient (Wildman–Crippen LogP) is 2.64. The molecule has 1 unspecified atom stereocenters. The quantitative estimate of drug-likeness (QED) is 0.275. The Morgan fingerprint density at radius 1 is 1.15 bits per heavy atom. The Hall–Kier alpha value is -3.81. The lowest BCUT2D eigenvalue weighted by molar-refractivity contribution is 0.245. The molecule has 0 saturated carbocycles. The normalized spacial score (nSPS) is 15.4. The molecule has 0 radical (unpaired) electrons. The van der Waals surface area contributed by atoms with Crippen molar-refractivity contribution in [3.05, 3.63) is 54.7 Å². The van der Waals surface area contributed by atoms with Gasteiger partial charge >= 0.3 is 0 Å². The van der Waals surface area contributed by atoms with Gasteiger partial charge in [0.2, 0.25) is 5.95 Å². The van der Waals surface area contributed by atoms with Crippen LogP contribution in [-0.2, 0) is 17.7 Å². The summed E-state index contributed by atoms with van der Waals surface area (Å²) < 4.78 is 40.4. The molecule has 0 amide bonds. The Bertz CT molecular complexity index is 1580. The molecule has 13 heteroatoms. The van der Waals surface area contributed by atoms with Crippen LogP contribution >= 0.6 is 0 Å². The Labute approximate surface area is 227 Å². The lowest BCUT2D eigenvalue weighted by Gasteiger charge is -2.36. The van der Waals surface area contributed by atoms with Crippen molar-refractivity contribution >= 4 is 39.4 Å². The summed E-state index contributed by atoms with van der Waals surface area (Å²) in [6.07, 6.45) is 5.02. The highest BCUT2D eigenvalue weighted by molar-refractivity contribution is 7.90. The molecule has 1 saturated heterocycles. The van der Waals surface area contributed by atoms with E-state index in [2.05, 4.69) is 25.0 Å². The molecule has 5 aromatic rings. The van der Waals surface area contributed by atoms with Crippen LogP contribution in [0.5, 0.6) is 5.75 Å². The number of ether oxygens (including phenoxy) is 1. The van der Waals surface area contributed by atoms with Gasteiger partial charge in [-0.2, -0.15) is 19.7 Å². The molecule has 6 rings (SSSR count). The van der Waals surface area contributed by atoms with E-state index >= 15 is 0 Å². The van der Waals surface area contributed by atoms with Gasteiger partial charge in [-0.15, -0.1) is 0 Å². The molecule has 39 heavy (non-hydrogen) atoms. The second kappa shape index (κ2) is 10.8. The third kappa shape index (κ3) is 5.24. The van der Waals surface area contributed by atoms with Crippen molar-refractivity contribution in [3.8, 4) is 17.2 Å². The standard InChI is InChI=1S/C26H29FN8O3S/c1-39(36)14-13-37-18-4-5-22(20(27)15-18)33-9-6-32(7-10-33)8-11-34-25-19(17-29-34)23-16-21(24-3-2-12-38-24)31-35(23)26(28)30-25/h2-5,12,15-17H,6-11,13-14H2,1H3,(H2,28,30). The van der Waals surface area contributed by atoms with Crippen LogP contribution in [0, 0.1) is 5.82 Å². The fraction of sp³-hybridized carbons (Fsp3) is 0.346. The van der Waals surface area contributed by atoms with Crippen LogP contribution in [0.15, 0.2) is 53.3 Å². The summed E-state index contributed by atoms with van der Waals surface area (Å²) >= 11 is -0.939. The van der Waals surface area contributed by atoms with Crippen molar-refractivity contribution in [3.63, 3.8) is 0 Å². The van der Waals surface area contributed by atoms with Gasteiger partial charge in [-0.3, -0.25) is 4.90 Å². The van der Waals surface area contributed by atoms with Crippen LogP contribution in [0.2, 0.25) is 0 Å². The van der Waals surface area contributed by atoms with E-state index in [0.29, 0.717) is 60.5 Å². The molecule has 1 fully saturated rings. The molecule has 1 aliphatic rings. The predicted molar refractivity (Wildman–Crippen MR) is 148 cm³/mol. The fourth-order valence-corrected chi connectivity index (χ4v) is 5.17. The molecule has 4 aromatic heterocycles. The van der Waals surface area contributed by atoms with E-state index in [1.165, 1.54) is 6.07 Å². The van der Waals surface area contributed by atoms with E-state index in [-0.39, 0.29) is 11.8 Å². The molecule has 1 atom stereocenters. The first kappa shape index (κ1) is 25.5. The van der Waals surface area contributed by atoms with E-state index in [0.717, 1.165) is 30.5 Å². The number of rotatable bonds is 9. The lowest BCUT2D eigenvalue weighted by atomic mass is 10.2. The number of furan rings is 1. The molecular formula is C26H29FN8O3S. The summed E-state index contributed by atoms with van der Waals surface area (Å²) in [5.74, 6) is 1.50. The van der Waals surface area contributed by atoms with E-state index in [9.17, 15) is 8.94 Å². The largest absolute Gasteiger partial charge is 0.616 e. The highest BCUT2D eigenvalue weighted by Crippen LogP contribution is 2.27. The minimum atomic E-state index is -0.939. The number of nitrogens with zero attached hydrogens (tertiary/aromatic N) is 7. The third-order valence-corrected chi connectivity index (χ3v) is 7.65. The van der Waals surface area contributed by atoms with Crippen LogP contribution in [0.3, 0.4) is 0 Å². The zero-order chi connectivity index (χ0) is 26.9. The summed E-state index contributed by atoms with van der Waals surface area (Å²) in [7, 11) is 0. The van der Waals surface area contributed by atoms with Gasteiger partial charge in [0.1, 0.15) is 29.6 Å². The average molecular weight is 553 g/mol. The second-order valence-electron chi connectivity index (χ2n) is 9.45. The molecule has 204 valence electrons. The van der Waals surface area contributed by atoms with Gasteiger partial charge in [0.25, 0.3) is 0 Å². The van der Waals surface area contributed by atoms with E-state index in [1.807, 2.05) is 22.9 Å². The maximum atomic E-state index is 14.8. The molecule has 0 spiro atoms. The van der Waals surface area contributed by atoms with Gasteiger partial charge in [0.15, 0.2) is 11.4 Å². The van der Waals surface area contributed by atoms with E-state index in [4.69, 9.17) is 14.9 Å². The van der Waals surface area contributed by atoms with Crippen molar-refractivity contribution in [2.45, 2.75) is 6.54 Å². The number of fused-ring (bicyclic) bond motifs is 3. The molecule has 0 bridgehead atoms. The van der Waals surface area contributed by atoms with Gasteiger partial charge in [0, 0.05) is 38.8 Å². The number of benzene rings is 1. The second-order valence-corrected chi connectivity index (χ2v) is 11.0. The van der Waals surface area contributed by atoms with Crippen molar-refractivity contribution in [1.29, 1.82) is 0 Å². The average Bonchev–Trinajstić information content (AvgIpc) is 3.68. The Morgan fingerprint density at radius 3 is 2.74 bits per heavy atom. The van der Waals surface area contributed by atoms with E-state index in [1.54, 1.807) is 35.4 Å². The van der Waals surface area contributed by atoms with Gasteiger partial charge < -0.3 is 24.3 Å².